The Balaban J connectivity index is 2.07. The molecule has 23 heavy (non-hydrogen) atoms. The number of anilines is 1. The lowest BCUT2D eigenvalue weighted by Gasteiger charge is -2.19. The highest BCUT2D eigenvalue weighted by Gasteiger charge is 2.24. The molecule has 1 aromatic carbocycles. The van der Waals surface area contributed by atoms with Crippen molar-refractivity contribution >= 4 is 23.5 Å². The number of likely N-dealkylation sites (tertiary alicyclic amines) is 1. The smallest absolute Gasteiger partial charge is 0.340 e. The molecule has 1 aromatic rings. The number of amides is 2. The van der Waals surface area contributed by atoms with Gasteiger partial charge >= 0.3 is 17.8 Å². The first-order valence-electron chi connectivity index (χ1n) is 8.00. The summed E-state index contributed by atoms with van der Waals surface area (Å²) in [6, 6.07) is 6.51. The lowest BCUT2D eigenvalue weighted by atomic mass is 10.1. The highest BCUT2D eigenvalue weighted by atomic mass is 16.5. The first-order valence-corrected chi connectivity index (χ1v) is 8.00. The van der Waals surface area contributed by atoms with Crippen molar-refractivity contribution in [2.45, 2.75) is 32.6 Å². The molecule has 0 bridgehead atoms. The first-order chi connectivity index (χ1) is 11.1. The van der Waals surface area contributed by atoms with Crippen molar-refractivity contribution < 1.29 is 19.1 Å². The minimum absolute atomic E-state index is 0.242. The molecule has 1 aliphatic heterocycles. The Kier molecular flexibility index (Phi) is 6.14. The molecular weight excluding hydrogens is 296 g/mol. The van der Waals surface area contributed by atoms with E-state index < -0.39 is 17.8 Å². The van der Waals surface area contributed by atoms with Crippen LogP contribution in [0, 0.1) is 0 Å². The molecule has 0 saturated carbocycles. The molecule has 2 rings (SSSR count). The monoisotopic (exact) mass is 318 g/mol. The number of esters is 1. The Bertz CT molecular complexity index is 578. The van der Waals surface area contributed by atoms with Gasteiger partial charge in [0, 0.05) is 13.1 Å². The van der Waals surface area contributed by atoms with Crippen LogP contribution in [0.5, 0.6) is 0 Å². The number of carbonyl (C=O) groups is 3. The maximum atomic E-state index is 12.3. The molecule has 1 aliphatic rings. The van der Waals surface area contributed by atoms with E-state index >= 15 is 0 Å². The van der Waals surface area contributed by atoms with E-state index in [1.54, 1.807) is 36.1 Å². The van der Waals surface area contributed by atoms with Crippen LogP contribution < -0.4 is 5.32 Å². The molecule has 6 heteroatoms. The fraction of sp³-hybridized carbons (Fsp3) is 0.471. The normalized spacial score (nSPS) is 14.7. The number of nitrogens with zero attached hydrogens (tertiary/aromatic N) is 1. The van der Waals surface area contributed by atoms with E-state index in [0.29, 0.717) is 18.8 Å². The summed E-state index contributed by atoms with van der Waals surface area (Å²) in [5.74, 6) is -1.79. The number of para-hydroxylation sites is 1. The number of hydrogen-bond donors (Lipinski definition) is 1. The summed E-state index contributed by atoms with van der Waals surface area (Å²) in [4.78, 5) is 37.9. The van der Waals surface area contributed by atoms with Crippen LogP contribution in [-0.4, -0.2) is 42.4 Å². The van der Waals surface area contributed by atoms with Crippen LogP contribution in [0.2, 0.25) is 0 Å². The van der Waals surface area contributed by atoms with E-state index in [9.17, 15) is 14.4 Å². The second-order valence-corrected chi connectivity index (χ2v) is 5.43. The third-order valence-corrected chi connectivity index (χ3v) is 3.76. The zero-order valence-electron chi connectivity index (χ0n) is 13.3. The summed E-state index contributed by atoms with van der Waals surface area (Å²) < 4.78 is 4.96. The van der Waals surface area contributed by atoms with Gasteiger partial charge in [-0.2, -0.15) is 0 Å². The molecule has 6 nitrogen and oxygen atoms in total. The molecule has 0 spiro atoms. The Morgan fingerprint density at radius 3 is 2.39 bits per heavy atom. The maximum absolute atomic E-state index is 12.3. The lowest BCUT2D eigenvalue weighted by Crippen LogP contribution is -2.40. The molecule has 0 unspecified atom stereocenters. The number of ether oxygens (including phenoxy) is 1. The highest BCUT2D eigenvalue weighted by molar-refractivity contribution is 6.39. The topological polar surface area (TPSA) is 75.7 Å². The largest absolute Gasteiger partial charge is 0.462 e. The van der Waals surface area contributed by atoms with Crippen LogP contribution in [-0.2, 0) is 14.3 Å². The van der Waals surface area contributed by atoms with Gasteiger partial charge in [0.15, 0.2) is 0 Å². The second kappa shape index (κ2) is 8.31. The predicted molar refractivity (Wildman–Crippen MR) is 86.1 cm³/mol. The van der Waals surface area contributed by atoms with E-state index in [1.165, 1.54) is 0 Å². The van der Waals surface area contributed by atoms with Crippen LogP contribution in [0.3, 0.4) is 0 Å². The van der Waals surface area contributed by atoms with Gasteiger partial charge in [-0.15, -0.1) is 0 Å². The van der Waals surface area contributed by atoms with Gasteiger partial charge < -0.3 is 15.0 Å². The third-order valence-electron chi connectivity index (χ3n) is 3.76. The summed E-state index contributed by atoms with van der Waals surface area (Å²) in [5, 5.41) is 2.54. The van der Waals surface area contributed by atoms with Gasteiger partial charge in [-0.3, -0.25) is 9.59 Å². The van der Waals surface area contributed by atoms with Crippen molar-refractivity contribution in [2.24, 2.45) is 0 Å². The summed E-state index contributed by atoms with van der Waals surface area (Å²) in [6.45, 7) is 3.16. The van der Waals surface area contributed by atoms with Crippen molar-refractivity contribution in [2.75, 3.05) is 25.0 Å². The van der Waals surface area contributed by atoms with Gasteiger partial charge in [-0.1, -0.05) is 25.0 Å². The number of rotatable bonds is 3. The Morgan fingerprint density at radius 1 is 1.09 bits per heavy atom. The number of nitrogens with one attached hydrogen (secondary N) is 1. The zero-order chi connectivity index (χ0) is 16.7. The van der Waals surface area contributed by atoms with Gasteiger partial charge in [0.05, 0.1) is 17.9 Å². The van der Waals surface area contributed by atoms with E-state index in [4.69, 9.17) is 4.74 Å². The van der Waals surface area contributed by atoms with Crippen LogP contribution in [0.25, 0.3) is 0 Å². The van der Waals surface area contributed by atoms with Crippen molar-refractivity contribution in [1.29, 1.82) is 0 Å². The summed E-state index contributed by atoms with van der Waals surface area (Å²) >= 11 is 0. The van der Waals surface area contributed by atoms with Gasteiger partial charge in [-0.05, 0) is 31.9 Å². The zero-order valence-corrected chi connectivity index (χ0v) is 13.3. The average Bonchev–Trinajstić information content (AvgIpc) is 2.84. The molecule has 124 valence electrons. The lowest BCUT2D eigenvalue weighted by molar-refractivity contribution is -0.143. The maximum Gasteiger partial charge on any atom is 0.340 e. The first kappa shape index (κ1) is 17.0. The van der Waals surface area contributed by atoms with E-state index in [0.717, 1.165) is 25.7 Å². The fourth-order valence-electron chi connectivity index (χ4n) is 2.57. The number of carbonyl (C=O) groups excluding carboxylic acids is 3. The van der Waals surface area contributed by atoms with E-state index in [1.807, 2.05) is 0 Å². The molecule has 0 atom stereocenters. The van der Waals surface area contributed by atoms with Crippen LogP contribution >= 0.6 is 0 Å². The summed E-state index contributed by atoms with van der Waals surface area (Å²) in [6.07, 6.45) is 3.99. The van der Waals surface area contributed by atoms with Crippen molar-refractivity contribution in [3.05, 3.63) is 29.8 Å². The predicted octanol–water partition coefficient (Wildman–Crippen LogP) is 2.20. The van der Waals surface area contributed by atoms with Crippen molar-refractivity contribution in [3.63, 3.8) is 0 Å². The fourth-order valence-corrected chi connectivity index (χ4v) is 2.57. The molecule has 0 aromatic heterocycles. The van der Waals surface area contributed by atoms with Crippen LogP contribution in [0.4, 0.5) is 5.69 Å². The van der Waals surface area contributed by atoms with Gasteiger partial charge in [0.25, 0.3) is 0 Å². The number of hydrogen-bond acceptors (Lipinski definition) is 4. The molecule has 1 N–H and O–H groups in total. The second-order valence-electron chi connectivity index (χ2n) is 5.43. The Labute approximate surface area is 135 Å². The van der Waals surface area contributed by atoms with Crippen LogP contribution in [0.15, 0.2) is 24.3 Å². The van der Waals surface area contributed by atoms with E-state index in [2.05, 4.69) is 5.32 Å². The average molecular weight is 318 g/mol. The molecule has 0 radical (unpaired) electrons. The third kappa shape index (κ3) is 4.55. The van der Waals surface area contributed by atoms with E-state index in [-0.39, 0.29) is 12.2 Å². The summed E-state index contributed by atoms with van der Waals surface area (Å²) in [7, 11) is 0. The summed E-state index contributed by atoms with van der Waals surface area (Å²) in [5.41, 5.74) is 0.533. The van der Waals surface area contributed by atoms with Gasteiger partial charge in [0.1, 0.15) is 0 Å². The minimum atomic E-state index is -0.719. The molecule has 0 aliphatic carbocycles. The quantitative estimate of drug-likeness (QED) is 0.685. The standard InChI is InChI=1S/C17H22N2O4/c1-2-23-17(22)13-9-5-6-10-14(13)18-15(20)16(21)19-11-7-3-4-8-12-19/h5-6,9-10H,2-4,7-8,11-12H2,1H3,(H,18,20). The van der Waals surface area contributed by atoms with Gasteiger partial charge in [0.2, 0.25) is 0 Å². The number of benzene rings is 1. The van der Waals surface area contributed by atoms with Crippen molar-refractivity contribution in [1.82, 2.24) is 4.90 Å². The molecule has 1 heterocycles. The highest BCUT2D eigenvalue weighted by Crippen LogP contribution is 2.17. The van der Waals surface area contributed by atoms with Gasteiger partial charge in [-0.25, -0.2) is 4.79 Å². The molecule has 2 amide bonds. The Hall–Kier alpha value is -2.37. The minimum Gasteiger partial charge on any atom is -0.462 e. The molecular formula is C17H22N2O4. The van der Waals surface area contributed by atoms with Crippen molar-refractivity contribution in [3.8, 4) is 0 Å². The molecule has 1 fully saturated rings. The SMILES string of the molecule is CCOC(=O)c1ccccc1NC(=O)C(=O)N1CCCCCC1. The molecule has 1 saturated heterocycles. The Morgan fingerprint density at radius 2 is 1.74 bits per heavy atom. The van der Waals surface area contributed by atoms with Crippen LogP contribution in [0.1, 0.15) is 43.0 Å².